The first kappa shape index (κ1) is 21.2. The lowest BCUT2D eigenvalue weighted by Gasteiger charge is -2.09. The van der Waals surface area contributed by atoms with Crippen molar-refractivity contribution in [1.82, 2.24) is 5.32 Å². The van der Waals surface area contributed by atoms with Crippen LogP contribution in [0.3, 0.4) is 0 Å². The van der Waals surface area contributed by atoms with Crippen molar-refractivity contribution in [2.24, 2.45) is 0 Å². The van der Waals surface area contributed by atoms with Crippen molar-refractivity contribution in [3.63, 3.8) is 0 Å². The van der Waals surface area contributed by atoms with E-state index in [2.05, 4.69) is 5.32 Å². The number of hydrogen-bond donors (Lipinski definition) is 1. The zero-order valence-corrected chi connectivity index (χ0v) is 16.9. The minimum Gasteiger partial charge on any atom is -0.493 e. The fourth-order valence-electron chi connectivity index (χ4n) is 2.75. The van der Waals surface area contributed by atoms with Gasteiger partial charge in [0, 0.05) is 10.6 Å². The van der Waals surface area contributed by atoms with Crippen LogP contribution in [0.1, 0.15) is 11.3 Å². The van der Waals surface area contributed by atoms with Crippen LogP contribution in [-0.2, 0) is 13.0 Å². The fourth-order valence-corrected chi connectivity index (χ4v) is 2.94. The zero-order valence-electron chi connectivity index (χ0n) is 15.3. The van der Waals surface area contributed by atoms with Crippen molar-refractivity contribution in [2.45, 2.75) is 13.0 Å². The van der Waals surface area contributed by atoms with Gasteiger partial charge in [0.25, 0.3) is 0 Å². The highest BCUT2D eigenvalue weighted by Crippen LogP contribution is 2.28. The van der Waals surface area contributed by atoms with Crippen LogP contribution >= 0.6 is 24.0 Å². The molecule has 0 fully saturated rings. The number of furan rings is 1. The molecule has 1 N–H and O–H groups in total. The molecule has 0 saturated heterocycles. The Balaban J connectivity index is 0.00000261. The van der Waals surface area contributed by atoms with Gasteiger partial charge in [0.2, 0.25) is 0 Å². The SMILES string of the molecule is COc1ccc(CCNCc2ccc(-c3cccc(Cl)c3)o2)cc1OC.Cl. The minimum atomic E-state index is 0. The van der Waals surface area contributed by atoms with E-state index in [9.17, 15) is 0 Å². The summed E-state index contributed by atoms with van der Waals surface area (Å²) in [4.78, 5) is 0. The van der Waals surface area contributed by atoms with Crippen LogP contribution in [0.15, 0.2) is 59.0 Å². The van der Waals surface area contributed by atoms with Crippen LogP contribution in [-0.4, -0.2) is 20.8 Å². The van der Waals surface area contributed by atoms with E-state index in [0.29, 0.717) is 11.6 Å². The van der Waals surface area contributed by atoms with Gasteiger partial charge in [-0.3, -0.25) is 0 Å². The Morgan fingerprint density at radius 2 is 1.78 bits per heavy atom. The second kappa shape index (κ2) is 10.3. The van der Waals surface area contributed by atoms with E-state index in [1.165, 1.54) is 5.56 Å². The molecule has 1 heterocycles. The maximum Gasteiger partial charge on any atom is 0.160 e. The predicted molar refractivity (Wildman–Crippen MR) is 111 cm³/mol. The number of nitrogens with one attached hydrogen (secondary N) is 1. The molecule has 0 aliphatic rings. The van der Waals surface area contributed by atoms with Gasteiger partial charge in [-0.2, -0.15) is 0 Å². The van der Waals surface area contributed by atoms with Crippen LogP contribution in [0.2, 0.25) is 5.02 Å². The van der Waals surface area contributed by atoms with Crippen molar-refractivity contribution in [2.75, 3.05) is 20.8 Å². The molecule has 0 unspecified atom stereocenters. The lowest BCUT2D eigenvalue weighted by molar-refractivity contribution is 0.354. The maximum atomic E-state index is 6.03. The summed E-state index contributed by atoms with van der Waals surface area (Å²) in [5.41, 5.74) is 2.17. The number of hydrogen-bond acceptors (Lipinski definition) is 4. The maximum absolute atomic E-state index is 6.03. The first-order valence-electron chi connectivity index (χ1n) is 8.46. The molecular formula is C21H23Cl2NO3. The molecule has 27 heavy (non-hydrogen) atoms. The number of ether oxygens (including phenoxy) is 2. The van der Waals surface area contributed by atoms with Crippen LogP contribution in [0.25, 0.3) is 11.3 Å². The zero-order chi connectivity index (χ0) is 18.4. The monoisotopic (exact) mass is 407 g/mol. The molecule has 0 spiro atoms. The van der Waals surface area contributed by atoms with E-state index < -0.39 is 0 Å². The highest BCUT2D eigenvalue weighted by molar-refractivity contribution is 6.30. The molecule has 1 aromatic heterocycles. The van der Waals surface area contributed by atoms with Crippen LogP contribution in [0.4, 0.5) is 0 Å². The Bertz CT molecular complexity index is 864. The van der Waals surface area contributed by atoms with Gasteiger partial charge in [0.1, 0.15) is 11.5 Å². The minimum absolute atomic E-state index is 0. The Morgan fingerprint density at radius 1 is 0.963 bits per heavy atom. The summed E-state index contributed by atoms with van der Waals surface area (Å²) in [6, 6.07) is 17.6. The van der Waals surface area contributed by atoms with Crippen molar-refractivity contribution in [1.29, 1.82) is 0 Å². The van der Waals surface area contributed by atoms with E-state index >= 15 is 0 Å². The Kier molecular flexibility index (Phi) is 8.04. The first-order chi connectivity index (χ1) is 12.7. The molecule has 0 saturated carbocycles. The predicted octanol–water partition coefficient (Wildman–Crippen LogP) is 5.37. The van der Waals surface area contributed by atoms with Gasteiger partial charge < -0.3 is 19.2 Å². The first-order valence-corrected chi connectivity index (χ1v) is 8.83. The van der Waals surface area contributed by atoms with Gasteiger partial charge in [0.15, 0.2) is 11.5 Å². The highest BCUT2D eigenvalue weighted by atomic mass is 35.5. The molecule has 6 heteroatoms. The summed E-state index contributed by atoms with van der Waals surface area (Å²) in [7, 11) is 3.29. The summed E-state index contributed by atoms with van der Waals surface area (Å²) < 4.78 is 16.5. The molecule has 3 rings (SSSR count). The molecule has 4 nitrogen and oxygen atoms in total. The smallest absolute Gasteiger partial charge is 0.160 e. The average Bonchev–Trinajstić information content (AvgIpc) is 3.14. The normalized spacial score (nSPS) is 10.3. The molecule has 2 aromatic carbocycles. The molecule has 3 aromatic rings. The van der Waals surface area contributed by atoms with Crippen molar-refractivity contribution < 1.29 is 13.9 Å². The van der Waals surface area contributed by atoms with Crippen LogP contribution in [0.5, 0.6) is 11.5 Å². The fraction of sp³-hybridized carbons (Fsp3) is 0.238. The van der Waals surface area contributed by atoms with E-state index in [0.717, 1.165) is 41.5 Å². The second-order valence-electron chi connectivity index (χ2n) is 5.89. The van der Waals surface area contributed by atoms with Gasteiger partial charge in [-0.15, -0.1) is 12.4 Å². The summed E-state index contributed by atoms with van der Waals surface area (Å²) in [6.45, 7) is 1.51. The Labute approximate surface area is 170 Å². The molecule has 0 atom stereocenters. The van der Waals surface area contributed by atoms with Gasteiger partial charge in [-0.25, -0.2) is 0 Å². The number of halogens is 2. The van der Waals surface area contributed by atoms with Crippen molar-refractivity contribution >= 4 is 24.0 Å². The number of rotatable bonds is 8. The lowest BCUT2D eigenvalue weighted by Crippen LogP contribution is -2.16. The molecule has 0 radical (unpaired) electrons. The molecule has 0 amide bonds. The Hall–Kier alpha value is -2.14. The van der Waals surface area contributed by atoms with Crippen LogP contribution in [0, 0.1) is 0 Å². The van der Waals surface area contributed by atoms with Gasteiger partial charge >= 0.3 is 0 Å². The molecule has 0 aliphatic carbocycles. The van der Waals surface area contributed by atoms with E-state index in [4.69, 9.17) is 25.5 Å². The third kappa shape index (κ3) is 5.67. The largest absolute Gasteiger partial charge is 0.493 e. The topological polar surface area (TPSA) is 43.6 Å². The summed E-state index contributed by atoms with van der Waals surface area (Å²) >= 11 is 6.03. The van der Waals surface area contributed by atoms with Gasteiger partial charge in [-0.05, 0) is 54.9 Å². The number of benzene rings is 2. The van der Waals surface area contributed by atoms with Gasteiger partial charge in [0.05, 0.1) is 20.8 Å². The standard InChI is InChI=1S/C21H22ClNO3.ClH/c1-24-20-8-6-15(12-21(20)25-2)10-11-23-14-18-7-9-19(26-18)16-4-3-5-17(22)13-16;/h3-9,12-13,23H,10-11,14H2,1-2H3;1H. The quantitative estimate of drug-likeness (QED) is 0.509. The number of methoxy groups -OCH3 is 2. The third-order valence-corrected chi connectivity index (χ3v) is 4.34. The lowest BCUT2D eigenvalue weighted by atomic mass is 10.1. The Morgan fingerprint density at radius 3 is 2.52 bits per heavy atom. The summed E-state index contributed by atoms with van der Waals surface area (Å²) in [5.74, 6) is 3.21. The molecule has 0 aliphatic heterocycles. The summed E-state index contributed by atoms with van der Waals surface area (Å²) in [5, 5.41) is 4.10. The van der Waals surface area contributed by atoms with E-state index in [-0.39, 0.29) is 12.4 Å². The third-order valence-electron chi connectivity index (χ3n) is 4.11. The van der Waals surface area contributed by atoms with Crippen LogP contribution < -0.4 is 14.8 Å². The van der Waals surface area contributed by atoms with Gasteiger partial charge in [-0.1, -0.05) is 29.8 Å². The highest BCUT2D eigenvalue weighted by Gasteiger charge is 2.06. The second-order valence-corrected chi connectivity index (χ2v) is 6.33. The average molecular weight is 408 g/mol. The van der Waals surface area contributed by atoms with E-state index in [1.807, 2.05) is 54.6 Å². The molecular weight excluding hydrogens is 385 g/mol. The van der Waals surface area contributed by atoms with Crippen molar-refractivity contribution in [3.05, 3.63) is 70.9 Å². The van der Waals surface area contributed by atoms with E-state index in [1.54, 1.807) is 14.2 Å². The molecule has 144 valence electrons. The summed E-state index contributed by atoms with van der Waals surface area (Å²) in [6.07, 6.45) is 0.891. The molecule has 0 bridgehead atoms. The van der Waals surface area contributed by atoms with Crippen molar-refractivity contribution in [3.8, 4) is 22.8 Å².